The Balaban J connectivity index is 1.81. The lowest BCUT2D eigenvalue weighted by Gasteiger charge is -2.59. The van der Waals surface area contributed by atoms with Crippen LogP contribution in [0.2, 0.25) is 0 Å². The molecule has 0 spiro atoms. The Hall–Kier alpha value is -0.0400. The zero-order valence-corrected chi connectivity index (χ0v) is 24.5. The molecule has 2 rings (SSSR count). The van der Waals surface area contributed by atoms with Gasteiger partial charge in [0.25, 0.3) is 0 Å². The molecule has 1 aliphatic heterocycles. The maximum atomic E-state index is 3.11. The fourth-order valence-electron chi connectivity index (χ4n) is 7.91. The van der Waals surface area contributed by atoms with Crippen LogP contribution in [0.3, 0.4) is 0 Å². The monoisotopic (exact) mass is 476 g/mol. The van der Waals surface area contributed by atoms with Crippen LogP contribution in [0.15, 0.2) is 0 Å². The average Bonchev–Trinajstić information content (AvgIpc) is 2.86. The lowest BCUT2D eigenvalue weighted by Crippen LogP contribution is -2.62. The second-order valence-corrected chi connectivity index (χ2v) is 12.6. The van der Waals surface area contributed by atoms with E-state index in [1.54, 1.807) is 6.42 Å². The number of fused-ring (bicyclic) bond motifs is 1. The molecule has 202 valence electrons. The first-order chi connectivity index (χ1) is 16.6. The van der Waals surface area contributed by atoms with Gasteiger partial charge in [-0.15, -0.1) is 0 Å². The smallest absolute Gasteiger partial charge is 0.0210 e. The summed E-state index contributed by atoms with van der Waals surface area (Å²) < 4.78 is 0. The normalized spacial score (nSPS) is 27.1. The van der Waals surface area contributed by atoms with Crippen molar-refractivity contribution in [3.63, 3.8) is 0 Å². The van der Waals surface area contributed by atoms with Gasteiger partial charge in [0.1, 0.15) is 0 Å². The molecule has 1 nitrogen and oxygen atoms in total. The summed E-state index contributed by atoms with van der Waals surface area (Å²) in [7, 11) is 0. The molecule has 4 unspecified atom stereocenters. The van der Waals surface area contributed by atoms with Crippen molar-refractivity contribution in [1.29, 1.82) is 0 Å². The SMILES string of the molecule is CCCCCCCCCCN1C2CCC(CCCCCCCCC)CC2C(C)CC1(CC)CC. The summed E-state index contributed by atoms with van der Waals surface area (Å²) >= 11 is 0. The van der Waals surface area contributed by atoms with Crippen LogP contribution < -0.4 is 0 Å². The summed E-state index contributed by atoms with van der Waals surface area (Å²) in [4.78, 5) is 3.11. The first kappa shape index (κ1) is 30.2. The molecule has 34 heavy (non-hydrogen) atoms. The zero-order valence-electron chi connectivity index (χ0n) is 24.5. The number of unbranched alkanes of at least 4 members (excludes halogenated alkanes) is 13. The van der Waals surface area contributed by atoms with Gasteiger partial charge >= 0.3 is 0 Å². The number of likely N-dealkylation sites (tertiary alicyclic amines) is 1. The minimum Gasteiger partial charge on any atom is -0.294 e. The molecule has 1 aliphatic carbocycles. The number of nitrogens with zero attached hydrogens (tertiary/aromatic N) is 1. The third kappa shape index (κ3) is 9.44. The number of rotatable bonds is 19. The summed E-state index contributed by atoms with van der Waals surface area (Å²) in [6.45, 7) is 13.6. The topological polar surface area (TPSA) is 3.24 Å². The Morgan fingerprint density at radius 3 is 1.74 bits per heavy atom. The second-order valence-electron chi connectivity index (χ2n) is 12.6. The highest BCUT2D eigenvalue weighted by molar-refractivity contribution is 5.03. The highest BCUT2D eigenvalue weighted by Gasteiger charge is 2.49. The molecule has 1 saturated carbocycles. The standard InChI is InChI=1S/C33H65N/c1-6-10-12-14-16-18-20-22-26-34-32-25-24-30(23-21-19-17-15-13-11-7-2)27-31(32)29(5)28-33(34,8-3)9-4/h29-32H,6-28H2,1-5H3. The minimum absolute atomic E-state index is 0.493. The molecule has 2 fully saturated rings. The highest BCUT2D eigenvalue weighted by Crippen LogP contribution is 2.50. The van der Waals surface area contributed by atoms with Crippen LogP contribution in [-0.2, 0) is 0 Å². The highest BCUT2D eigenvalue weighted by atomic mass is 15.2. The lowest BCUT2D eigenvalue weighted by molar-refractivity contribution is -0.0887. The van der Waals surface area contributed by atoms with Gasteiger partial charge < -0.3 is 0 Å². The maximum absolute atomic E-state index is 3.11. The van der Waals surface area contributed by atoms with Gasteiger partial charge in [-0.2, -0.15) is 0 Å². The molecule has 1 saturated heterocycles. The molecule has 0 aromatic carbocycles. The van der Waals surface area contributed by atoms with Gasteiger partial charge in [0.2, 0.25) is 0 Å². The third-order valence-electron chi connectivity index (χ3n) is 10.2. The van der Waals surface area contributed by atoms with Gasteiger partial charge in [0.05, 0.1) is 0 Å². The van der Waals surface area contributed by atoms with E-state index in [0.29, 0.717) is 5.54 Å². The predicted octanol–water partition coefficient (Wildman–Crippen LogP) is 11.0. The third-order valence-corrected chi connectivity index (χ3v) is 10.2. The Labute approximate surface area is 216 Å². The van der Waals surface area contributed by atoms with Crippen LogP contribution >= 0.6 is 0 Å². The van der Waals surface area contributed by atoms with Crippen LogP contribution in [-0.4, -0.2) is 23.0 Å². The van der Waals surface area contributed by atoms with Gasteiger partial charge in [-0.3, -0.25) is 4.90 Å². The molecule has 1 heteroatoms. The van der Waals surface area contributed by atoms with Crippen molar-refractivity contribution < 1.29 is 0 Å². The van der Waals surface area contributed by atoms with E-state index in [9.17, 15) is 0 Å². The molecule has 0 bridgehead atoms. The molecular formula is C33H65N. The van der Waals surface area contributed by atoms with Crippen molar-refractivity contribution in [3.05, 3.63) is 0 Å². The van der Waals surface area contributed by atoms with E-state index in [1.165, 1.54) is 141 Å². The molecule has 0 aromatic rings. The van der Waals surface area contributed by atoms with Gasteiger partial charge in [-0.1, -0.05) is 131 Å². The molecule has 0 aromatic heterocycles. The number of hydrogen-bond donors (Lipinski definition) is 0. The van der Waals surface area contributed by atoms with Crippen molar-refractivity contribution in [3.8, 4) is 0 Å². The van der Waals surface area contributed by atoms with Crippen molar-refractivity contribution in [2.45, 2.75) is 187 Å². The van der Waals surface area contributed by atoms with Crippen molar-refractivity contribution in [2.24, 2.45) is 17.8 Å². The van der Waals surface area contributed by atoms with Crippen molar-refractivity contribution in [1.82, 2.24) is 4.90 Å². The van der Waals surface area contributed by atoms with Gasteiger partial charge in [-0.25, -0.2) is 0 Å². The minimum atomic E-state index is 0.493. The fraction of sp³-hybridized carbons (Fsp3) is 1.00. The molecule has 0 N–H and O–H groups in total. The van der Waals surface area contributed by atoms with Crippen LogP contribution in [0.4, 0.5) is 0 Å². The van der Waals surface area contributed by atoms with Crippen LogP contribution in [0.25, 0.3) is 0 Å². The van der Waals surface area contributed by atoms with E-state index in [4.69, 9.17) is 0 Å². The summed E-state index contributed by atoms with van der Waals surface area (Å²) in [6.07, 6.45) is 32.0. The number of piperidine rings is 1. The van der Waals surface area contributed by atoms with Gasteiger partial charge in [0, 0.05) is 11.6 Å². The van der Waals surface area contributed by atoms with Gasteiger partial charge in [0.15, 0.2) is 0 Å². The summed E-state index contributed by atoms with van der Waals surface area (Å²) in [5.74, 6) is 2.93. The Morgan fingerprint density at radius 1 is 0.647 bits per heavy atom. The van der Waals surface area contributed by atoms with E-state index in [0.717, 1.165) is 23.8 Å². The molecule has 4 atom stereocenters. The second kappa shape index (κ2) is 17.4. The first-order valence-corrected chi connectivity index (χ1v) is 16.4. The summed E-state index contributed by atoms with van der Waals surface area (Å²) in [5.41, 5.74) is 0.493. The largest absolute Gasteiger partial charge is 0.294 e. The van der Waals surface area contributed by atoms with Crippen LogP contribution in [0.5, 0.6) is 0 Å². The quantitative estimate of drug-likeness (QED) is 0.168. The van der Waals surface area contributed by atoms with Crippen molar-refractivity contribution in [2.75, 3.05) is 6.54 Å². The predicted molar refractivity (Wildman–Crippen MR) is 154 cm³/mol. The maximum Gasteiger partial charge on any atom is 0.0210 e. The Bertz CT molecular complexity index is 481. The average molecular weight is 476 g/mol. The molecule has 2 aliphatic rings. The van der Waals surface area contributed by atoms with E-state index in [2.05, 4.69) is 39.5 Å². The molecule has 0 radical (unpaired) electrons. The summed E-state index contributed by atoms with van der Waals surface area (Å²) in [6, 6.07) is 0.887. The van der Waals surface area contributed by atoms with Crippen LogP contribution in [0, 0.1) is 17.8 Å². The Morgan fingerprint density at radius 2 is 1.18 bits per heavy atom. The number of hydrogen-bond acceptors (Lipinski definition) is 1. The van der Waals surface area contributed by atoms with E-state index in [-0.39, 0.29) is 0 Å². The molecule has 0 amide bonds. The van der Waals surface area contributed by atoms with Gasteiger partial charge in [-0.05, 0) is 69.2 Å². The summed E-state index contributed by atoms with van der Waals surface area (Å²) in [5, 5.41) is 0. The van der Waals surface area contributed by atoms with Crippen molar-refractivity contribution >= 4 is 0 Å². The Kier molecular flexibility index (Phi) is 15.5. The zero-order chi connectivity index (χ0) is 24.7. The van der Waals surface area contributed by atoms with E-state index in [1.807, 2.05) is 0 Å². The molecular weight excluding hydrogens is 410 g/mol. The molecule has 1 heterocycles. The lowest BCUT2D eigenvalue weighted by atomic mass is 9.62. The van der Waals surface area contributed by atoms with Crippen LogP contribution in [0.1, 0.15) is 176 Å². The first-order valence-electron chi connectivity index (χ1n) is 16.4. The fourth-order valence-corrected chi connectivity index (χ4v) is 7.91. The van der Waals surface area contributed by atoms with E-state index < -0.39 is 0 Å². The van der Waals surface area contributed by atoms with E-state index >= 15 is 0 Å².